The summed E-state index contributed by atoms with van der Waals surface area (Å²) in [5, 5.41) is -3.53. The molecular formula is C2Cl2F2S. The number of thiocarbonyl (C=S) groups is 1. The van der Waals surface area contributed by atoms with E-state index in [9.17, 15) is 8.78 Å². The Morgan fingerprint density at radius 1 is 1.57 bits per heavy atom. The highest BCUT2D eigenvalue weighted by atomic mass is 35.5. The topological polar surface area (TPSA) is 0 Å². The van der Waals surface area contributed by atoms with Crippen LogP contribution in [0, 0.1) is 0 Å². The van der Waals surface area contributed by atoms with Gasteiger partial charge in [0.15, 0.2) is 4.32 Å². The van der Waals surface area contributed by atoms with Gasteiger partial charge >= 0.3 is 5.38 Å². The molecule has 0 rings (SSSR count). The molecule has 0 aliphatic heterocycles. The summed E-state index contributed by atoms with van der Waals surface area (Å²) in [4.78, 5) is 0. The van der Waals surface area contributed by atoms with Gasteiger partial charge in [-0.3, -0.25) is 0 Å². The van der Waals surface area contributed by atoms with Gasteiger partial charge < -0.3 is 0 Å². The van der Waals surface area contributed by atoms with Crippen molar-refractivity contribution in [1.82, 2.24) is 0 Å². The maximum atomic E-state index is 11.3. The Kier molecular flexibility index (Phi) is 2.37. The van der Waals surface area contributed by atoms with E-state index < -0.39 is 9.71 Å². The molecule has 0 heterocycles. The van der Waals surface area contributed by atoms with Crippen molar-refractivity contribution < 1.29 is 8.78 Å². The third-order valence-corrected chi connectivity index (χ3v) is 1.11. The Bertz CT molecular complexity index is 86.2. The third-order valence-electron chi connectivity index (χ3n) is 0.223. The molecule has 0 aromatic heterocycles. The summed E-state index contributed by atoms with van der Waals surface area (Å²) >= 11 is 12.7. The van der Waals surface area contributed by atoms with Crippen molar-refractivity contribution in [3.8, 4) is 0 Å². The Morgan fingerprint density at radius 2 is 1.71 bits per heavy atom. The molecule has 0 aliphatic carbocycles. The zero-order chi connectivity index (χ0) is 6.08. The SMILES string of the molecule is FC(F)(Cl)C(=S)Cl. The summed E-state index contributed by atoms with van der Waals surface area (Å²) < 4.78 is 21.7. The van der Waals surface area contributed by atoms with Crippen LogP contribution in [0.2, 0.25) is 0 Å². The lowest BCUT2D eigenvalue weighted by atomic mass is 10.8. The Hall–Kier alpha value is 0.530. The third kappa shape index (κ3) is 3.14. The monoisotopic (exact) mass is 164 g/mol. The first kappa shape index (κ1) is 7.53. The van der Waals surface area contributed by atoms with Crippen LogP contribution in [-0.4, -0.2) is 9.71 Å². The molecule has 0 aromatic carbocycles. The van der Waals surface area contributed by atoms with Crippen molar-refractivity contribution >= 4 is 39.7 Å². The second-order valence-electron chi connectivity index (χ2n) is 0.771. The van der Waals surface area contributed by atoms with E-state index >= 15 is 0 Å². The van der Waals surface area contributed by atoms with Crippen LogP contribution in [0.3, 0.4) is 0 Å². The summed E-state index contributed by atoms with van der Waals surface area (Å²) in [7, 11) is 0. The van der Waals surface area contributed by atoms with E-state index in [-0.39, 0.29) is 0 Å². The minimum atomic E-state index is -3.53. The first-order chi connectivity index (χ1) is 2.94. The molecule has 42 valence electrons. The lowest BCUT2D eigenvalue weighted by molar-refractivity contribution is 0.182. The van der Waals surface area contributed by atoms with Crippen molar-refractivity contribution in [1.29, 1.82) is 0 Å². The average Bonchev–Trinajstić information content (AvgIpc) is 1.31. The summed E-state index contributed by atoms with van der Waals surface area (Å²) in [5.74, 6) is 0. The first-order valence-electron chi connectivity index (χ1n) is 1.21. The van der Waals surface area contributed by atoms with Gasteiger partial charge in [-0.2, -0.15) is 8.78 Å². The Balaban J connectivity index is 3.79. The quantitative estimate of drug-likeness (QED) is 0.326. The normalized spacial score (nSPS) is 11.4. The lowest BCUT2D eigenvalue weighted by Gasteiger charge is -1.98. The second kappa shape index (κ2) is 2.20. The van der Waals surface area contributed by atoms with Gasteiger partial charge in [0.2, 0.25) is 0 Å². The van der Waals surface area contributed by atoms with Crippen molar-refractivity contribution in [2.75, 3.05) is 0 Å². The van der Waals surface area contributed by atoms with E-state index in [1.54, 1.807) is 0 Å². The molecule has 7 heavy (non-hydrogen) atoms. The molecule has 0 radical (unpaired) electrons. The molecule has 0 fully saturated rings. The minimum absolute atomic E-state index is 1.02. The zero-order valence-corrected chi connectivity index (χ0v) is 5.25. The van der Waals surface area contributed by atoms with Crippen LogP contribution < -0.4 is 0 Å². The number of alkyl halides is 3. The van der Waals surface area contributed by atoms with Crippen LogP contribution in [0.4, 0.5) is 8.78 Å². The lowest BCUT2D eigenvalue weighted by Crippen LogP contribution is -2.12. The fourth-order valence-electron chi connectivity index (χ4n) is 0. The first-order valence-corrected chi connectivity index (χ1v) is 2.37. The molecule has 0 saturated heterocycles. The van der Waals surface area contributed by atoms with Gasteiger partial charge in [0.25, 0.3) is 0 Å². The molecule has 0 nitrogen and oxygen atoms in total. The molecule has 0 saturated carbocycles. The molecule has 0 amide bonds. The van der Waals surface area contributed by atoms with E-state index in [0.29, 0.717) is 0 Å². The molecule has 0 spiro atoms. The Morgan fingerprint density at radius 3 is 1.71 bits per heavy atom. The minimum Gasteiger partial charge on any atom is -0.181 e. The molecule has 5 heteroatoms. The number of hydrogen-bond acceptors (Lipinski definition) is 1. The predicted octanol–water partition coefficient (Wildman–Crippen LogP) is 2.38. The van der Waals surface area contributed by atoms with Crippen molar-refractivity contribution in [2.45, 2.75) is 5.38 Å². The fourth-order valence-corrected chi connectivity index (χ4v) is 0. The van der Waals surface area contributed by atoms with Crippen molar-refractivity contribution in [3.63, 3.8) is 0 Å². The van der Waals surface area contributed by atoms with Gasteiger partial charge in [-0.15, -0.1) is 0 Å². The highest BCUT2D eigenvalue weighted by Crippen LogP contribution is 2.22. The molecule has 0 N–H and O–H groups in total. The summed E-state index contributed by atoms with van der Waals surface area (Å²) in [5.41, 5.74) is 0. The van der Waals surface area contributed by atoms with Gasteiger partial charge in [-0.1, -0.05) is 23.8 Å². The van der Waals surface area contributed by atoms with Crippen LogP contribution in [0.25, 0.3) is 0 Å². The van der Waals surface area contributed by atoms with Gasteiger partial charge in [0.05, 0.1) is 0 Å². The highest BCUT2D eigenvalue weighted by Gasteiger charge is 2.29. The maximum absolute atomic E-state index is 11.3. The summed E-state index contributed by atoms with van der Waals surface area (Å²) in [6.45, 7) is 0. The second-order valence-corrected chi connectivity index (χ2v) is 2.26. The standard InChI is InChI=1S/C2Cl2F2S/c3-1(7)2(4,5)6. The zero-order valence-electron chi connectivity index (χ0n) is 2.92. The van der Waals surface area contributed by atoms with Crippen LogP contribution in [0.1, 0.15) is 0 Å². The van der Waals surface area contributed by atoms with E-state index in [1.165, 1.54) is 0 Å². The molecule has 0 unspecified atom stereocenters. The van der Waals surface area contributed by atoms with Gasteiger partial charge in [-0.25, -0.2) is 0 Å². The van der Waals surface area contributed by atoms with Gasteiger partial charge in [0, 0.05) is 0 Å². The Labute approximate surface area is 54.4 Å². The molecule has 0 atom stereocenters. The van der Waals surface area contributed by atoms with Crippen molar-refractivity contribution in [3.05, 3.63) is 0 Å². The van der Waals surface area contributed by atoms with Crippen LogP contribution >= 0.6 is 35.4 Å². The van der Waals surface area contributed by atoms with E-state index in [2.05, 4.69) is 35.4 Å². The van der Waals surface area contributed by atoms with E-state index in [4.69, 9.17) is 0 Å². The molecular weight excluding hydrogens is 165 g/mol. The van der Waals surface area contributed by atoms with Crippen LogP contribution in [0.15, 0.2) is 0 Å². The van der Waals surface area contributed by atoms with E-state index in [1.807, 2.05) is 0 Å². The van der Waals surface area contributed by atoms with E-state index in [0.717, 1.165) is 0 Å². The highest BCUT2D eigenvalue weighted by molar-refractivity contribution is 7.83. The van der Waals surface area contributed by atoms with Gasteiger partial charge in [-0.05, 0) is 11.6 Å². The predicted molar refractivity (Wildman–Crippen MR) is 29.3 cm³/mol. The number of rotatable bonds is 1. The van der Waals surface area contributed by atoms with Crippen molar-refractivity contribution in [2.24, 2.45) is 0 Å². The molecule has 0 aromatic rings. The summed E-state index contributed by atoms with van der Waals surface area (Å²) in [6, 6.07) is 0. The largest absolute Gasteiger partial charge is 0.368 e. The average molecular weight is 165 g/mol. The summed E-state index contributed by atoms with van der Waals surface area (Å²) in [6.07, 6.45) is 0. The smallest absolute Gasteiger partial charge is 0.181 e. The number of hydrogen-bond donors (Lipinski definition) is 0. The van der Waals surface area contributed by atoms with Crippen LogP contribution in [-0.2, 0) is 0 Å². The molecule has 0 aliphatic rings. The maximum Gasteiger partial charge on any atom is 0.368 e. The van der Waals surface area contributed by atoms with Gasteiger partial charge in [0.1, 0.15) is 0 Å². The fraction of sp³-hybridized carbons (Fsp3) is 0.500. The number of halogens is 4. The van der Waals surface area contributed by atoms with Crippen LogP contribution in [0.5, 0.6) is 0 Å². The molecule has 0 bridgehead atoms.